The lowest BCUT2D eigenvalue weighted by Crippen LogP contribution is -2.16. The lowest BCUT2D eigenvalue weighted by Gasteiger charge is -2.18. The van der Waals surface area contributed by atoms with E-state index in [4.69, 9.17) is 21.9 Å². The summed E-state index contributed by atoms with van der Waals surface area (Å²) in [5.74, 6) is 1.98. The maximum absolute atomic E-state index is 5.73. The second-order valence-electron chi connectivity index (χ2n) is 6.00. The number of fused-ring (bicyclic) bond motifs is 2. The number of aromatic nitrogens is 3. The molecule has 3 aromatic rings. The molecule has 0 saturated carbocycles. The van der Waals surface area contributed by atoms with Crippen LogP contribution in [0.4, 0.5) is 0 Å². The zero-order chi connectivity index (χ0) is 16.0. The van der Waals surface area contributed by atoms with E-state index >= 15 is 0 Å². The number of methoxy groups -OCH3 is 1. The third-order valence-corrected chi connectivity index (χ3v) is 5.08. The van der Waals surface area contributed by atoms with E-state index in [1.54, 1.807) is 7.11 Å². The minimum atomic E-state index is 0.862. The van der Waals surface area contributed by atoms with Crippen LogP contribution in [0, 0.1) is 4.64 Å². The highest BCUT2D eigenvalue weighted by molar-refractivity contribution is 7.71. The van der Waals surface area contributed by atoms with E-state index in [2.05, 4.69) is 34.4 Å². The Morgan fingerprint density at radius 3 is 2.70 bits per heavy atom. The van der Waals surface area contributed by atoms with E-state index in [-0.39, 0.29) is 0 Å². The largest absolute Gasteiger partial charge is 0.497 e. The average molecular weight is 325 g/mol. The van der Waals surface area contributed by atoms with Gasteiger partial charge in [-0.2, -0.15) is 0 Å². The molecule has 0 spiro atoms. The monoisotopic (exact) mass is 325 g/mol. The van der Waals surface area contributed by atoms with Crippen LogP contribution in [0.5, 0.6) is 5.75 Å². The van der Waals surface area contributed by atoms with Gasteiger partial charge in [0, 0.05) is 20.0 Å². The molecule has 0 bridgehead atoms. The number of ether oxygens (including phenoxy) is 1. The van der Waals surface area contributed by atoms with Crippen LogP contribution < -0.4 is 4.74 Å². The number of benzene rings is 1. The van der Waals surface area contributed by atoms with Crippen molar-refractivity contribution in [3.05, 3.63) is 40.8 Å². The molecular formula is C18H19N3OS. The Hall–Kier alpha value is -2.14. The summed E-state index contributed by atoms with van der Waals surface area (Å²) in [6.07, 6.45) is 3.40. The van der Waals surface area contributed by atoms with Crippen molar-refractivity contribution in [3.8, 4) is 17.0 Å². The highest BCUT2D eigenvalue weighted by Crippen LogP contribution is 2.29. The summed E-state index contributed by atoms with van der Waals surface area (Å²) >= 11 is 5.73. The molecule has 5 heteroatoms. The Kier molecular flexibility index (Phi) is 3.45. The molecule has 1 aliphatic heterocycles. The van der Waals surface area contributed by atoms with Crippen molar-refractivity contribution >= 4 is 23.3 Å². The van der Waals surface area contributed by atoms with Crippen LogP contribution in [-0.4, -0.2) is 21.2 Å². The van der Waals surface area contributed by atoms with E-state index in [9.17, 15) is 0 Å². The zero-order valence-corrected chi connectivity index (χ0v) is 14.2. The zero-order valence-electron chi connectivity index (χ0n) is 13.4. The molecule has 4 nitrogen and oxygen atoms in total. The van der Waals surface area contributed by atoms with Crippen LogP contribution in [0.25, 0.3) is 22.3 Å². The summed E-state index contributed by atoms with van der Waals surface area (Å²) in [5.41, 5.74) is 3.25. The van der Waals surface area contributed by atoms with Gasteiger partial charge in [-0.3, -0.25) is 0 Å². The van der Waals surface area contributed by atoms with Crippen LogP contribution in [0.1, 0.15) is 18.7 Å². The standard InChI is InChI=1S/C18H19N3OS/c1-20-15(12-6-8-13(22-2)9-7-12)11-14-17(20)19-16-5-3-4-10-21(16)18(14)23/h6-9,11H,3-5,10H2,1-2H3. The molecule has 23 heavy (non-hydrogen) atoms. The summed E-state index contributed by atoms with van der Waals surface area (Å²) in [7, 11) is 3.74. The van der Waals surface area contributed by atoms with E-state index in [1.165, 1.54) is 12.8 Å². The van der Waals surface area contributed by atoms with Gasteiger partial charge in [0.05, 0.1) is 18.2 Å². The Labute approximate surface area is 140 Å². The van der Waals surface area contributed by atoms with Crippen molar-refractivity contribution in [3.63, 3.8) is 0 Å². The smallest absolute Gasteiger partial charge is 0.145 e. The molecule has 1 aliphatic rings. The Morgan fingerprint density at radius 2 is 1.96 bits per heavy atom. The fourth-order valence-corrected chi connectivity index (χ4v) is 3.69. The average Bonchev–Trinajstić information content (AvgIpc) is 2.93. The minimum Gasteiger partial charge on any atom is -0.497 e. The summed E-state index contributed by atoms with van der Waals surface area (Å²) < 4.78 is 10.5. The van der Waals surface area contributed by atoms with Gasteiger partial charge in [0.1, 0.15) is 21.9 Å². The van der Waals surface area contributed by atoms with Gasteiger partial charge in [0.2, 0.25) is 0 Å². The molecule has 0 aliphatic carbocycles. The van der Waals surface area contributed by atoms with Crippen molar-refractivity contribution in [2.24, 2.45) is 7.05 Å². The Bertz CT molecular complexity index is 938. The third-order valence-electron chi connectivity index (χ3n) is 4.64. The van der Waals surface area contributed by atoms with Crippen molar-refractivity contribution in [1.29, 1.82) is 0 Å². The quantitative estimate of drug-likeness (QED) is 0.664. The topological polar surface area (TPSA) is 32.0 Å². The van der Waals surface area contributed by atoms with E-state index in [0.717, 1.165) is 51.5 Å². The van der Waals surface area contributed by atoms with E-state index < -0.39 is 0 Å². The van der Waals surface area contributed by atoms with E-state index in [1.807, 2.05) is 12.1 Å². The molecule has 0 radical (unpaired) electrons. The van der Waals surface area contributed by atoms with Crippen molar-refractivity contribution in [2.75, 3.05) is 7.11 Å². The van der Waals surface area contributed by atoms with Gasteiger partial charge in [-0.15, -0.1) is 0 Å². The molecule has 118 valence electrons. The molecule has 0 N–H and O–H groups in total. The van der Waals surface area contributed by atoms with E-state index in [0.29, 0.717) is 0 Å². The predicted molar refractivity (Wildman–Crippen MR) is 94.5 cm³/mol. The van der Waals surface area contributed by atoms with Crippen LogP contribution >= 0.6 is 12.2 Å². The van der Waals surface area contributed by atoms with Gasteiger partial charge >= 0.3 is 0 Å². The lowest BCUT2D eigenvalue weighted by atomic mass is 10.1. The fourth-order valence-electron chi connectivity index (χ4n) is 3.34. The summed E-state index contributed by atoms with van der Waals surface area (Å²) in [6, 6.07) is 10.3. The third kappa shape index (κ3) is 2.27. The van der Waals surface area contributed by atoms with Crippen molar-refractivity contribution in [1.82, 2.24) is 14.1 Å². The summed E-state index contributed by atoms with van der Waals surface area (Å²) in [6.45, 7) is 0.990. The summed E-state index contributed by atoms with van der Waals surface area (Å²) in [4.78, 5) is 4.89. The number of aryl methyl sites for hydroxylation is 2. The van der Waals surface area contributed by atoms with Crippen LogP contribution in [0.3, 0.4) is 0 Å². The molecule has 2 aromatic heterocycles. The molecule has 3 heterocycles. The minimum absolute atomic E-state index is 0.862. The normalized spacial score (nSPS) is 14.0. The SMILES string of the molecule is COc1ccc(-c2cc3c(=S)n4c(nc3n2C)CCCC4)cc1. The highest BCUT2D eigenvalue weighted by Gasteiger charge is 2.17. The maximum atomic E-state index is 5.73. The van der Waals surface area contributed by atoms with Crippen LogP contribution in [0.2, 0.25) is 0 Å². The van der Waals surface area contributed by atoms with Gasteiger partial charge in [0.25, 0.3) is 0 Å². The van der Waals surface area contributed by atoms with Crippen LogP contribution in [-0.2, 0) is 20.0 Å². The molecule has 0 atom stereocenters. The summed E-state index contributed by atoms with van der Waals surface area (Å²) in [5, 5.41) is 1.07. The predicted octanol–water partition coefficient (Wildman–Crippen LogP) is 4.12. The number of hydrogen-bond acceptors (Lipinski definition) is 3. The number of hydrogen-bond donors (Lipinski definition) is 0. The number of nitrogens with zero attached hydrogens (tertiary/aromatic N) is 3. The van der Waals surface area contributed by atoms with Gasteiger partial charge in [-0.25, -0.2) is 4.98 Å². The molecule has 0 amide bonds. The molecular weight excluding hydrogens is 306 g/mol. The molecule has 4 rings (SSSR count). The van der Waals surface area contributed by atoms with Crippen LogP contribution in [0.15, 0.2) is 30.3 Å². The molecule has 1 aromatic carbocycles. The second-order valence-corrected chi connectivity index (χ2v) is 6.38. The van der Waals surface area contributed by atoms with Crippen molar-refractivity contribution in [2.45, 2.75) is 25.8 Å². The lowest BCUT2D eigenvalue weighted by molar-refractivity contribution is 0.415. The van der Waals surface area contributed by atoms with Gasteiger partial charge < -0.3 is 13.9 Å². The first kappa shape index (κ1) is 14.5. The van der Waals surface area contributed by atoms with Gasteiger partial charge in [-0.05, 0) is 48.7 Å². The fraction of sp³-hybridized carbons (Fsp3) is 0.333. The molecule has 0 unspecified atom stereocenters. The number of rotatable bonds is 2. The molecule has 0 saturated heterocycles. The first-order valence-corrected chi connectivity index (χ1v) is 8.33. The molecule has 0 fully saturated rings. The highest BCUT2D eigenvalue weighted by atomic mass is 32.1. The first-order chi connectivity index (χ1) is 11.2. The second kappa shape index (κ2) is 5.49. The Balaban J connectivity index is 1.93. The van der Waals surface area contributed by atoms with Crippen molar-refractivity contribution < 1.29 is 4.74 Å². The first-order valence-electron chi connectivity index (χ1n) is 7.92. The maximum Gasteiger partial charge on any atom is 0.145 e. The Morgan fingerprint density at radius 1 is 1.17 bits per heavy atom. The van der Waals surface area contributed by atoms with Gasteiger partial charge in [-0.1, -0.05) is 12.2 Å². The van der Waals surface area contributed by atoms with Gasteiger partial charge in [0.15, 0.2) is 0 Å².